The van der Waals surface area contributed by atoms with E-state index < -0.39 is 0 Å². The third kappa shape index (κ3) is 11.5. The third-order valence-corrected chi connectivity index (χ3v) is 4.41. The van der Waals surface area contributed by atoms with Gasteiger partial charge in [0.2, 0.25) is 0 Å². The second kappa shape index (κ2) is 9.80. The second-order valence-corrected chi connectivity index (χ2v) is 7.85. The highest BCUT2D eigenvalue weighted by Crippen LogP contribution is 2.34. The Hall–Kier alpha value is -0.0400. The number of unbranched alkanes of at least 4 members (excludes halogenated alkanes) is 2. The summed E-state index contributed by atoms with van der Waals surface area (Å²) in [6.07, 6.45) is 12.4. The number of nitrogens with one attached hydrogen (secondary N) is 1. The predicted molar refractivity (Wildman–Crippen MR) is 88.7 cm³/mol. The minimum Gasteiger partial charge on any atom is -0.320 e. The van der Waals surface area contributed by atoms with Crippen molar-refractivity contribution in [3.8, 4) is 0 Å². The van der Waals surface area contributed by atoms with Crippen LogP contribution >= 0.6 is 0 Å². The van der Waals surface area contributed by atoms with Crippen LogP contribution in [0.3, 0.4) is 0 Å². The van der Waals surface area contributed by atoms with E-state index in [1.807, 2.05) is 7.05 Å². The molecule has 0 amide bonds. The normalized spacial score (nSPS) is 12.9. The molecular weight excluding hydrogens is 230 g/mol. The molecule has 0 fully saturated rings. The van der Waals surface area contributed by atoms with Gasteiger partial charge in [0, 0.05) is 0 Å². The first kappa shape index (κ1) is 19.0. The minimum atomic E-state index is 0.544. The highest BCUT2D eigenvalue weighted by Gasteiger charge is 2.20. The average molecular weight is 270 g/mol. The molecule has 0 spiro atoms. The van der Waals surface area contributed by atoms with Crippen molar-refractivity contribution < 1.29 is 0 Å². The number of hydrogen-bond donors (Lipinski definition) is 1. The Morgan fingerprint density at radius 1 is 0.684 bits per heavy atom. The lowest BCUT2D eigenvalue weighted by molar-refractivity contribution is 0.238. The first-order valence-electron chi connectivity index (χ1n) is 8.47. The topological polar surface area (TPSA) is 12.0 Å². The number of rotatable bonds is 12. The molecule has 0 aliphatic rings. The van der Waals surface area contributed by atoms with Gasteiger partial charge in [0.25, 0.3) is 0 Å². The van der Waals surface area contributed by atoms with E-state index in [1.54, 1.807) is 0 Å². The van der Waals surface area contributed by atoms with Gasteiger partial charge in [-0.05, 0) is 56.5 Å². The maximum Gasteiger partial charge on any atom is -0.00519 e. The molecule has 19 heavy (non-hydrogen) atoms. The van der Waals surface area contributed by atoms with Gasteiger partial charge in [-0.2, -0.15) is 0 Å². The lowest BCUT2D eigenvalue weighted by atomic mass is 9.77. The molecule has 1 nitrogen and oxygen atoms in total. The summed E-state index contributed by atoms with van der Waals surface area (Å²) < 4.78 is 0. The quantitative estimate of drug-likeness (QED) is 0.442. The van der Waals surface area contributed by atoms with Crippen molar-refractivity contribution in [3.05, 3.63) is 0 Å². The van der Waals surface area contributed by atoms with E-state index in [1.165, 1.54) is 64.3 Å². The molecule has 0 aromatic carbocycles. The van der Waals surface area contributed by atoms with E-state index in [2.05, 4.69) is 39.9 Å². The maximum atomic E-state index is 3.23. The molecule has 0 saturated heterocycles. The van der Waals surface area contributed by atoms with Gasteiger partial charge in [-0.1, -0.05) is 60.3 Å². The zero-order valence-electron chi connectivity index (χ0n) is 14.6. The second-order valence-electron chi connectivity index (χ2n) is 7.85. The van der Waals surface area contributed by atoms with Crippen LogP contribution in [0, 0.1) is 10.8 Å². The van der Waals surface area contributed by atoms with Gasteiger partial charge in [-0.3, -0.25) is 0 Å². The average Bonchev–Trinajstić information content (AvgIpc) is 2.27. The summed E-state index contributed by atoms with van der Waals surface area (Å²) in [6.45, 7) is 13.3. The van der Waals surface area contributed by atoms with Crippen LogP contribution in [0.15, 0.2) is 0 Å². The van der Waals surface area contributed by atoms with Crippen molar-refractivity contribution in [1.82, 2.24) is 5.32 Å². The molecule has 0 aliphatic heterocycles. The van der Waals surface area contributed by atoms with Gasteiger partial charge in [0.05, 0.1) is 0 Å². The van der Waals surface area contributed by atoms with Gasteiger partial charge in [0.15, 0.2) is 0 Å². The van der Waals surface area contributed by atoms with Crippen LogP contribution in [0.1, 0.15) is 92.4 Å². The van der Waals surface area contributed by atoms with Gasteiger partial charge in [-0.25, -0.2) is 0 Å². The molecule has 0 bridgehead atoms. The van der Waals surface area contributed by atoms with Crippen LogP contribution in [0.4, 0.5) is 0 Å². The fraction of sp³-hybridized carbons (Fsp3) is 1.00. The van der Waals surface area contributed by atoms with E-state index >= 15 is 0 Å². The first-order valence-corrected chi connectivity index (χ1v) is 8.47. The summed E-state index contributed by atoms with van der Waals surface area (Å²) in [7, 11) is 2.04. The molecule has 0 rings (SSSR count). The van der Waals surface area contributed by atoms with Crippen LogP contribution in [0.25, 0.3) is 0 Å². The SMILES string of the molecule is CCCC(C)(C)CCCC(C)(C)CCCCCNC. The summed E-state index contributed by atoms with van der Waals surface area (Å²) in [5.41, 5.74) is 1.10. The monoisotopic (exact) mass is 269 g/mol. The molecule has 116 valence electrons. The van der Waals surface area contributed by atoms with Gasteiger partial charge in [0.1, 0.15) is 0 Å². The fourth-order valence-electron chi connectivity index (χ4n) is 3.05. The van der Waals surface area contributed by atoms with Crippen LogP contribution in [-0.2, 0) is 0 Å². The molecule has 0 heterocycles. The molecule has 0 unspecified atom stereocenters. The lowest BCUT2D eigenvalue weighted by Crippen LogP contribution is -2.15. The summed E-state index contributed by atoms with van der Waals surface area (Å²) in [4.78, 5) is 0. The van der Waals surface area contributed by atoms with Crippen LogP contribution in [-0.4, -0.2) is 13.6 Å². The van der Waals surface area contributed by atoms with E-state index in [4.69, 9.17) is 0 Å². The van der Waals surface area contributed by atoms with E-state index in [-0.39, 0.29) is 0 Å². The maximum absolute atomic E-state index is 3.23. The summed E-state index contributed by atoms with van der Waals surface area (Å²) in [5, 5.41) is 3.23. The van der Waals surface area contributed by atoms with Gasteiger partial charge < -0.3 is 5.32 Å². The molecule has 0 aromatic rings. The first-order chi connectivity index (χ1) is 8.83. The molecular formula is C18H39N. The molecule has 1 heteroatoms. The Labute approximate surface area is 122 Å². The summed E-state index contributed by atoms with van der Waals surface area (Å²) >= 11 is 0. The minimum absolute atomic E-state index is 0.544. The van der Waals surface area contributed by atoms with E-state index in [9.17, 15) is 0 Å². The largest absolute Gasteiger partial charge is 0.320 e. The molecule has 0 radical (unpaired) electrons. The van der Waals surface area contributed by atoms with Crippen molar-refractivity contribution in [2.75, 3.05) is 13.6 Å². The molecule has 0 atom stereocenters. The smallest absolute Gasteiger partial charge is 0.00519 e. The Balaban J connectivity index is 3.72. The predicted octanol–water partition coefficient (Wildman–Crippen LogP) is 5.79. The molecule has 0 aromatic heterocycles. The van der Waals surface area contributed by atoms with Crippen molar-refractivity contribution in [2.24, 2.45) is 10.8 Å². The van der Waals surface area contributed by atoms with Crippen LogP contribution < -0.4 is 5.32 Å². The third-order valence-electron chi connectivity index (χ3n) is 4.41. The van der Waals surface area contributed by atoms with Gasteiger partial charge in [-0.15, -0.1) is 0 Å². The lowest BCUT2D eigenvalue weighted by Gasteiger charge is -2.28. The zero-order valence-corrected chi connectivity index (χ0v) is 14.6. The number of hydrogen-bond acceptors (Lipinski definition) is 1. The Kier molecular flexibility index (Phi) is 9.78. The Bertz CT molecular complexity index is 206. The van der Waals surface area contributed by atoms with Crippen LogP contribution in [0.2, 0.25) is 0 Å². The van der Waals surface area contributed by atoms with Crippen molar-refractivity contribution in [3.63, 3.8) is 0 Å². The molecule has 0 saturated carbocycles. The van der Waals surface area contributed by atoms with E-state index in [0.717, 1.165) is 0 Å². The zero-order chi connectivity index (χ0) is 14.8. The highest BCUT2D eigenvalue weighted by atomic mass is 14.8. The van der Waals surface area contributed by atoms with Crippen molar-refractivity contribution in [1.29, 1.82) is 0 Å². The van der Waals surface area contributed by atoms with E-state index in [0.29, 0.717) is 10.8 Å². The van der Waals surface area contributed by atoms with Gasteiger partial charge >= 0.3 is 0 Å². The summed E-state index contributed by atoms with van der Waals surface area (Å²) in [6, 6.07) is 0. The summed E-state index contributed by atoms with van der Waals surface area (Å²) in [5.74, 6) is 0. The molecule has 0 aliphatic carbocycles. The van der Waals surface area contributed by atoms with Crippen molar-refractivity contribution >= 4 is 0 Å². The Morgan fingerprint density at radius 3 is 1.74 bits per heavy atom. The standard InChI is InChI=1S/C18H39N/c1-7-12-17(2,3)14-11-15-18(4,5)13-9-8-10-16-19-6/h19H,7-16H2,1-6H3. The Morgan fingerprint density at radius 2 is 1.21 bits per heavy atom. The van der Waals surface area contributed by atoms with Crippen molar-refractivity contribution in [2.45, 2.75) is 92.4 Å². The van der Waals surface area contributed by atoms with Crippen LogP contribution in [0.5, 0.6) is 0 Å². The molecule has 1 N–H and O–H groups in total. The highest BCUT2D eigenvalue weighted by molar-refractivity contribution is 4.73. The fourth-order valence-corrected chi connectivity index (χ4v) is 3.05.